The highest BCUT2D eigenvalue weighted by Crippen LogP contribution is 2.43. The molecule has 11 heteroatoms. The largest absolute Gasteiger partial charge is 0.480 e. The van der Waals surface area contributed by atoms with Gasteiger partial charge in [-0.25, -0.2) is 4.57 Å². The quantitative estimate of drug-likeness (QED) is 0.0236. The van der Waals surface area contributed by atoms with E-state index in [4.69, 9.17) is 29.4 Å². The van der Waals surface area contributed by atoms with Gasteiger partial charge < -0.3 is 25.2 Å². The van der Waals surface area contributed by atoms with Gasteiger partial charge in [-0.2, -0.15) is 0 Å². The fraction of sp³-hybridized carbons (Fsp3) is 0.727. The molecule has 0 aliphatic carbocycles. The van der Waals surface area contributed by atoms with Crippen molar-refractivity contribution in [2.75, 3.05) is 26.4 Å². The Morgan fingerprint density at radius 2 is 1.05 bits per heavy atom. The molecule has 0 fully saturated rings. The number of carbonyl (C=O) groups excluding carboxylic acids is 1. The third-order valence-corrected chi connectivity index (χ3v) is 9.73. The number of hydrogen-bond acceptors (Lipinski definition) is 8. The van der Waals surface area contributed by atoms with Crippen molar-refractivity contribution >= 4 is 19.8 Å². The monoisotopic (exact) mass is 796 g/mol. The van der Waals surface area contributed by atoms with E-state index < -0.39 is 45.1 Å². The van der Waals surface area contributed by atoms with Gasteiger partial charge in [0.2, 0.25) is 0 Å². The minimum absolute atomic E-state index is 0.00697. The van der Waals surface area contributed by atoms with Gasteiger partial charge in [0.25, 0.3) is 0 Å². The van der Waals surface area contributed by atoms with Crippen LogP contribution in [0.3, 0.4) is 0 Å². The Balaban J connectivity index is 4.24. The van der Waals surface area contributed by atoms with E-state index in [-0.39, 0.29) is 13.0 Å². The lowest BCUT2D eigenvalue weighted by Gasteiger charge is -2.20. The number of carboxylic acid groups (broad SMARTS) is 1. The zero-order valence-corrected chi connectivity index (χ0v) is 35.4. The van der Waals surface area contributed by atoms with Crippen LogP contribution in [-0.4, -0.2) is 60.5 Å². The highest BCUT2D eigenvalue weighted by Gasteiger charge is 2.27. The Bertz CT molecular complexity index is 1100. The number of carbonyl (C=O) groups is 2. The molecule has 0 amide bonds. The number of rotatable bonds is 40. The second-order valence-corrected chi connectivity index (χ2v) is 15.5. The zero-order chi connectivity index (χ0) is 40.5. The third-order valence-electron chi connectivity index (χ3n) is 8.78. The molecule has 3 atom stereocenters. The SMILES string of the molecule is CC/C=C\C/C=C\C/C=C\C/C=C\CCCCCCCCCCC(=O)OC(COCCCCCCCC/C=C\CCCC)COP(=O)(O)OCC(N)C(=O)O. The predicted octanol–water partition coefficient (Wildman–Crippen LogP) is 11.6. The van der Waals surface area contributed by atoms with Crippen molar-refractivity contribution in [3.63, 3.8) is 0 Å². The molecule has 55 heavy (non-hydrogen) atoms. The van der Waals surface area contributed by atoms with Crippen LogP contribution in [0.15, 0.2) is 60.8 Å². The fourth-order valence-electron chi connectivity index (χ4n) is 5.46. The smallest absolute Gasteiger partial charge is 0.472 e. The normalized spacial score (nSPS) is 14.5. The molecule has 318 valence electrons. The summed E-state index contributed by atoms with van der Waals surface area (Å²) < 4.78 is 33.3. The first-order valence-electron chi connectivity index (χ1n) is 21.3. The van der Waals surface area contributed by atoms with Gasteiger partial charge in [0.1, 0.15) is 12.1 Å². The Labute approximate surface area is 334 Å². The van der Waals surface area contributed by atoms with Gasteiger partial charge in [0.05, 0.1) is 19.8 Å². The first-order chi connectivity index (χ1) is 26.7. The number of phosphoric ester groups is 1. The molecule has 10 nitrogen and oxygen atoms in total. The van der Waals surface area contributed by atoms with Crippen molar-refractivity contribution in [2.24, 2.45) is 5.73 Å². The fourth-order valence-corrected chi connectivity index (χ4v) is 6.24. The summed E-state index contributed by atoms with van der Waals surface area (Å²) in [4.78, 5) is 33.5. The lowest BCUT2D eigenvalue weighted by Crippen LogP contribution is -2.34. The van der Waals surface area contributed by atoms with Crippen molar-refractivity contribution in [1.29, 1.82) is 0 Å². The van der Waals surface area contributed by atoms with Crippen LogP contribution in [0.4, 0.5) is 0 Å². The van der Waals surface area contributed by atoms with Crippen LogP contribution in [0.2, 0.25) is 0 Å². The second-order valence-electron chi connectivity index (χ2n) is 14.1. The average Bonchev–Trinajstić information content (AvgIpc) is 3.16. The van der Waals surface area contributed by atoms with Crippen LogP contribution in [0.1, 0.15) is 168 Å². The molecule has 0 heterocycles. The standard InChI is InChI=1S/C44H78NO9P/c1-3-5-7-9-11-13-15-17-18-19-20-21-22-23-24-25-26-28-30-32-34-36-43(46)54-41(39-52-55(49,50)53-40-42(45)44(47)48)38-51-37-35-33-31-29-27-16-14-12-10-8-6-4-2/h5,7,10-13,17-18,20-21,41-42H,3-4,6,8-9,14-16,19,22-40,45H2,1-2H3,(H,47,48)(H,49,50)/b7-5-,12-10-,13-11-,18-17-,21-20-. The van der Waals surface area contributed by atoms with Crippen molar-refractivity contribution < 1.29 is 42.7 Å². The van der Waals surface area contributed by atoms with Crippen molar-refractivity contribution in [3.05, 3.63) is 60.8 Å². The molecule has 4 N–H and O–H groups in total. The lowest BCUT2D eigenvalue weighted by molar-refractivity contribution is -0.154. The number of carboxylic acids is 1. The highest BCUT2D eigenvalue weighted by atomic mass is 31.2. The van der Waals surface area contributed by atoms with Gasteiger partial charge >= 0.3 is 19.8 Å². The minimum Gasteiger partial charge on any atom is -0.480 e. The Morgan fingerprint density at radius 1 is 0.600 bits per heavy atom. The summed E-state index contributed by atoms with van der Waals surface area (Å²) in [5, 5.41) is 8.89. The minimum atomic E-state index is -4.62. The maximum atomic E-state index is 12.6. The summed E-state index contributed by atoms with van der Waals surface area (Å²) in [6.45, 7) is 3.70. The van der Waals surface area contributed by atoms with Gasteiger partial charge in [0.15, 0.2) is 0 Å². The van der Waals surface area contributed by atoms with E-state index in [0.29, 0.717) is 13.0 Å². The number of phosphoric acid groups is 1. The van der Waals surface area contributed by atoms with E-state index in [9.17, 15) is 19.0 Å². The van der Waals surface area contributed by atoms with E-state index in [2.05, 4.69) is 74.6 Å². The molecular formula is C44H78NO9P. The molecule has 0 aromatic rings. The maximum absolute atomic E-state index is 12.6. The Kier molecular flexibility index (Phi) is 38.2. The molecule has 0 saturated carbocycles. The second kappa shape index (κ2) is 39.9. The number of unbranched alkanes of at least 4 members (excludes halogenated alkanes) is 16. The number of allylic oxidation sites excluding steroid dienone is 10. The van der Waals surface area contributed by atoms with Crippen molar-refractivity contribution in [1.82, 2.24) is 0 Å². The van der Waals surface area contributed by atoms with Crippen LogP contribution in [-0.2, 0) is 32.7 Å². The van der Waals surface area contributed by atoms with Gasteiger partial charge in [0, 0.05) is 13.0 Å². The molecule has 0 bridgehead atoms. The molecule has 0 radical (unpaired) electrons. The van der Waals surface area contributed by atoms with Crippen LogP contribution >= 0.6 is 7.82 Å². The predicted molar refractivity (Wildman–Crippen MR) is 226 cm³/mol. The van der Waals surface area contributed by atoms with Crippen molar-refractivity contribution in [3.8, 4) is 0 Å². The number of nitrogens with two attached hydrogens (primary N) is 1. The molecular weight excluding hydrogens is 717 g/mol. The van der Waals surface area contributed by atoms with Crippen LogP contribution in [0.25, 0.3) is 0 Å². The van der Waals surface area contributed by atoms with Crippen LogP contribution < -0.4 is 5.73 Å². The summed E-state index contributed by atoms with van der Waals surface area (Å²) in [7, 11) is -4.62. The average molecular weight is 796 g/mol. The third kappa shape index (κ3) is 39.7. The van der Waals surface area contributed by atoms with Gasteiger partial charge in [-0.05, 0) is 70.6 Å². The highest BCUT2D eigenvalue weighted by molar-refractivity contribution is 7.47. The molecule has 0 aromatic carbocycles. The van der Waals surface area contributed by atoms with E-state index in [1.165, 1.54) is 64.2 Å². The first-order valence-corrected chi connectivity index (χ1v) is 22.8. The number of hydrogen-bond donors (Lipinski definition) is 3. The topological polar surface area (TPSA) is 155 Å². The Morgan fingerprint density at radius 3 is 1.60 bits per heavy atom. The molecule has 0 aliphatic heterocycles. The molecule has 0 rings (SSSR count). The molecule has 0 saturated heterocycles. The van der Waals surface area contributed by atoms with E-state index in [1.807, 2.05) is 0 Å². The molecule has 0 aliphatic rings. The summed E-state index contributed by atoms with van der Waals surface area (Å²) in [6, 6.07) is -1.48. The van der Waals surface area contributed by atoms with Crippen LogP contribution in [0.5, 0.6) is 0 Å². The summed E-state index contributed by atoms with van der Waals surface area (Å²) >= 11 is 0. The summed E-state index contributed by atoms with van der Waals surface area (Å²) in [5.74, 6) is -1.79. The van der Waals surface area contributed by atoms with Crippen molar-refractivity contribution in [2.45, 2.75) is 180 Å². The van der Waals surface area contributed by atoms with E-state index in [0.717, 1.165) is 77.0 Å². The number of aliphatic carboxylic acids is 1. The summed E-state index contributed by atoms with van der Waals surface area (Å²) in [5.41, 5.74) is 5.35. The Hall–Kier alpha value is -2.33. The lowest BCUT2D eigenvalue weighted by atomic mass is 10.1. The zero-order valence-electron chi connectivity index (χ0n) is 34.5. The number of ether oxygens (including phenoxy) is 2. The van der Waals surface area contributed by atoms with Gasteiger partial charge in [-0.1, -0.05) is 152 Å². The van der Waals surface area contributed by atoms with Gasteiger partial charge in [-0.3, -0.25) is 18.6 Å². The molecule has 0 aromatic heterocycles. The number of esters is 1. The maximum Gasteiger partial charge on any atom is 0.472 e. The molecule has 3 unspecified atom stereocenters. The van der Waals surface area contributed by atoms with E-state index >= 15 is 0 Å². The summed E-state index contributed by atoms with van der Waals surface area (Å²) in [6.07, 6.45) is 47.0. The molecule has 0 spiro atoms. The van der Waals surface area contributed by atoms with E-state index in [1.54, 1.807) is 0 Å². The first kappa shape index (κ1) is 52.7. The van der Waals surface area contributed by atoms with Crippen LogP contribution in [0, 0.1) is 0 Å². The van der Waals surface area contributed by atoms with Gasteiger partial charge in [-0.15, -0.1) is 0 Å².